The van der Waals surface area contributed by atoms with Crippen LogP contribution in [0.4, 0.5) is 4.79 Å². The predicted octanol–water partition coefficient (Wildman–Crippen LogP) is 1.68. The van der Waals surface area contributed by atoms with Crippen LogP contribution in [0.25, 0.3) is 0 Å². The maximum Gasteiger partial charge on any atom is 0.410 e. The van der Waals surface area contributed by atoms with Crippen LogP contribution in [0.15, 0.2) is 30.3 Å². The molecule has 2 N–H and O–H groups in total. The van der Waals surface area contributed by atoms with E-state index < -0.39 is 11.6 Å². The highest BCUT2D eigenvalue weighted by molar-refractivity contribution is 5.72. The van der Waals surface area contributed by atoms with Gasteiger partial charge in [-0.1, -0.05) is 30.3 Å². The van der Waals surface area contributed by atoms with Crippen LogP contribution >= 0.6 is 0 Å². The molecule has 6 nitrogen and oxygen atoms in total. The fourth-order valence-electron chi connectivity index (χ4n) is 2.51. The minimum atomic E-state index is -0.724. The molecule has 1 atom stereocenters. The summed E-state index contributed by atoms with van der Waals surface area (Å²) in [6, 6.07) is 9.48. The zero-order chi connectivity index (χ0) is 16.0. The Morgan fingerprint density at radius 1 is 1.27 bits per heavy atom. The van der Waals surface area contributed by atoms with Gasteiger partial charge in [-0.05, 0) is 18.9 Å². The normalized spacial score (nSPS) is 20.7. The van der Waals surface area contributed by atoms with Gasteiger partial charge in [0.15, 0.2) is 0 Å². The molecular formula is C16H22N2O4. The number of rotatable bonds is 5. The molecule has 1 fully saturated rings. The van der Waals surface area contributed by atoms with E-state index in [0.717, 1.165) is 5.56 Å². The molecule has 2 rings (SSSR count). The molecule has 1 aromatic carbocycles. The van der Waals surface area contributed by atoms with E-state index in [9.17, 15) is 9.59 Å². The third kappa shape index (κ3) is 4.46. The van der Waals surface area contributed by atoms with Crippen LogP contribution < -0.4 is 5.73 Å². The van der Waals surface area contributed by atoms with Crippen LogP contribution in [0, 0.1) is 0 Å². The maximum absolute atomic E-state index is 12.0. The molecule has 0 bridgehead atoms. The number of amides is 1. The lowest BCUT2D eigenvalue weighted by Crippen LogP contribution is -2.45. The number of hydrogen-bond donors (Lipinski definition) is 1. The van der Waals surface area contributed by atoms with Crippen molar-refractivity contribution in [2.45, 2.75) is 31.9 Å². The Labute approximate surface area is 130 Å². The summed E-state index contributed by atoms with van der Waals surface area (Å²) in [6.45, 7) is 3.11. The van der Waals surface area contributed by atoms with Gasteiger partial charge in [0.05, 0.1) is 13.0 Å². The zero-order valence-electron chi connectivity index (χ0n) is 12.8. The lowest BCUT2D eigenvalue weighted by Gasteiger charge is -2.23. The van der Waals surface area contributed by atoms with Crippen LogP contribution in [0.2, 0.25) is 0 Å². The second-order valence-electron chi connectivity index (χ2n) is 5.56. The third-order valence-corrected chi connectivity index (χ3v) is 3.65. The summed E-state index contributed by atoms with van der Waals surface area (Å²) in [7, 11) is 0. The van der Waals surface area contributed by atoms with E-state index in [4.69, 9.17) is 15.2 Å². The fraction of sp³-hybridized carbons (Fsp3) is 0.500. The summed E-state index contributed by atoms with van der Waals surface area (Å²) in [5.41, 5.74) is 6.38. The Morgan fingerprint density at radius 2 is 2.00 bits per heavy atom. The molecule has 22 heavy (non-hydrogen) atoms. The number of esters is 1. The van der Waals surface area contributed by atoms with Gasteiger partial charge in [-0.25, -0.2) is 4.79 Å². The summed E-state index contributed by atoms with van der Waals surface area (Å²) in [6.07, 6.45) is 0.273. The molecule has 0 spiro atoms. The maximum atomic E-state index is 12.0. The zero-order valence-corrected chi connectivity index (χ0v) is 12.8. The van der Waals surface area contributed by atoms with Crippen LogP contribution in [-0.2, 0) is 20.9 Å². The van der Waals surface area contributed by atoms with Gasteiger partial charge in [-0.15, -0.1) is 0 Å². The topological polar surface area (TPSA) is 81.9 Å². The Hall–Kier alpha value is -2.08. The van der Waals surface area contributed by atoms with Gasteiger partial charge in [0, 0.05) is 18.6 Å². The van der Waals surface area contributed by atoms with Gasteiger partial charge in [0.25, 0.3) is 0 Å². The fourth-order valence-corrected chi connectivity index (χ4v) is 2.51. The van der Waals surface area contributed by atoms with Crippen molar-refractivity contribution in [2.75, 3.05) is 19.7 Å². The van der Waals surface area contributed by atoms with Gasteiger partial charge in [-0.2, -0.15) is 0 Å². The van der Waals surface area contributed by atoms with E-state index in [2.05, 4.69) is 0 Å². The first-order valence-corrected chi connectivity index (χ1v) is 7.42. The molecule has 1 aromatic rings. The highest BCUT2D eigenvalue weighted by atomic mass is 16.6. The van der Waals surface area contributed by atoms with Crippen molar-refractivity contribution < 1.29 is 19.1 Å². The van der Waals surface area contributed by atoms with E-state index in [1.165, 1.54) is 0 Å². The largest absolute Gasteiger partial charge is 0.466 e. The van der Waals surface area contributed by atoms with Gasteiger partial charge in [0.1, 0.15) is 6.61 Å². The summed E-state index contributed by atoms with van der Waals surface area (Å²) >= 11 is 0. The number of ether oxygens (including phenoxy) is 2. The SMILES string of the molecule is CCOC(=O)CC1(N)CCN(C(=O)OCc2ccccc2)C1. The minimum absolute atomic E-state index is 0.114. The minimum Gasteiger partial charge on any atom is -0.466 e. The molecule has 120 valence electrons. The van der Waals surface area contributed by atoms with E-state index in [-0.39, 0.29) is 19.0 Å². The molecule has 1 aliphatic heterocycles. The van der Waals surface area contributed by atoms with Crippen molar-refractivity contribution in [3.05, 3.63) is 35.9 Å². The molecule has 0 aliphatic carbocycles. The highest BCUT2D eigenvalue weighted by Gasteiger charge is 2.39. The van der Waals surface area contributed by atoms with E-state index in [1.54, 1.807) is 11.8 Å². The smallest absolute Gasteiger partial charge is 0.410 e. The molecule has 1 unspecified atom stereocenters. The van der Waals surface area contributed by atoms with Crippen molar-refractivity contribution in [2.24, 2.45) is 5.73 Å². The first kappa shape index (κ1) is 16.3. The van der Waals surface area contributed by atoms with Gasteiger partial charge >= 0.3 is 12.1 Å². The predicted molar refractivity (Wildman–Crippen MR) is 81.0 cm³/mol. The molecule has 6 heteroatoms. The summed E-state index contributed by atoms with van der Waals surface area (Å²) in [5, 5.41) is 0. The number of likely N-dealkylation sites (tertiary alicyclic amines) is 1. The van der Waals surface area contributed by atoms with E-state index in [0.29, 0.717) is 26.1 Å². The Morgan fingerprint density at radius 3 is 2.68 bits per heavy atom. The van der Waals surface area contributed by atoms with E-state index >= 15 is 0 Å². The summed E-state index contributed by atoms with van der Waals surface area (Å²) in [4.78, 5) is 25.1. The van der Waals surface area contributed by atoms with Gasteiger partial charge in [0.2, 0.25) is 0 Å². The van der Waals surface area contributed by atoms with Crippen molar-refractivity contribution in [1.82, 2.24) is 4.90 Å². The van der Waals surface area contributed by atoms with Crippen LogP contribution in [0.3, 0.4) is 0 Å². The Balaban J connectivity index is 1.81. The van der Waals surface area contributed by atoms with Gasteiger partial charge in [-0.3, -0.25) is 4.79 Å². The first-order chi connectivity index (χ1) is 10.5. The molecule has 1 amide bonds. The summed E-state index contributed by atoms with van der Waals surface area (Å²) in [5.74, 6) is -0.329. The second kappa shape index (κ2) is 7.26. The van der Waals surface area contributed by atoms with Crippen LogP contribution in [0.5, 0.6) is 0 Å². The van der Waals surface area contributed by atoms with Crippen LogP contribution in [0.1, 0.15) is 25.3 Å². The lowest BCUT2D eigenvalue weighted by molar-refractivity contribution is -0.144. The lowest BCUT2D eigenvalue weighted by atomic mass is 9.96. The molecule has 1 aliphatic rings. The van der Waals surface area contributed by atoms with Crippen molar-refractivity contribution >= 4 is 12.1 Å². The average Bonchev–Trinajstić information content (AvgIpc) is 2.88. The number of benzene rings is 1. The number of carbonyl (C=O) groups excluding carboxylic acids is 2. The molecular weight excluding hydrogens is 284 g/mol. The van der Waals surface area contributed by atoms with Crippen LogP contribution in [-0.4, -0.2) is 42.2 Å². The Kier molecular flexibility index (Phi) is 5.38. The first-order valence-electron chi connectivity index (χ1n) is 7.42. The highest BCUT2D eigenvalue weighted by Crippen LogP contribution is 2.23. The standard InChI is InChI=1S/C16H22N2O4/c1-2-21-14(19)10-16(17)8-9-18(12-16)15(20)22-11-13-6-4-3-5-7-13/h3-7H,2,8-12,17H2,1H3. The number of nitrogens with zero attached hydrogens (tertiary/aromatic N) is 1. The molecule has 1 saturated heterocycles. The third-order valence-electron chi connectivity index (χ3n) is 3.65. The molecule has 1 heterocycles. The molecule has 0 saturated carbocycles. The quantitative estimate of drug-likeness (QED) is 0.837. The number of hydrogen-bond acceptors (Lipinski definition) is 5. The summed E-state index contributed by atoms with van der Waals surface area (Å²) < 4.78 is 10.2. The average molecular weight is 306 g/mol. The molecule has 0 radical (unpaired) electrons. The number of nitrogens with two attached hydrogens (primary N) is 1. The second-order valence-corrected chi connectivity index (χ2v) is 5.56. The van der Waals surface area contributed by atoms with Crippen molar-refractivity contribution in [3.63, 3.8) is 0 Å². The Bertz CT molecular complexity index is 520. The molecule has 0 aromatic heterocycles. The number of carbonyl (C=O) groups is 2. The monoisotopic (exact) mass is 306 g/mol. The van der Waals surface area contributed by atoms with Gasteiger partial charge < -0.3 is 20.1 Å². The van der Waals surface area contributed by atoms with Crippen molar-refractivity contribution in [1.29, 1.82) is 0 Å². The van der Waals surface area contributed by atoms with E-state index in [1.807, 2.05) is 30.3 Å². The van der Waals surface area contributed by atoms with Crippen molar-refractivity contribution in [3.8, 4) is 0 Å².